The SMILES string of the molecule is Fc1ccc(Oc2nc(Cl)nc3nc[nH]c23)c(F)c1. The highest BCUT2D eigenvalue weighted by Crippen LogP contribution is 2.28. The molecule has 0 amide bonds. The summed E-state index contributed by atoms with van der Waals surface area (Å²) in [4.78, 5) is 14.3. The zero-order valence-corrected chi connectivity index (χ0v) is 9.95. The second-order valence-electron chi connectivity index (χ2n) is 3.58. The molecule has 0 aliphatic heterocycles. The Labute approximate surface area is 110 Å². The lowest BCUT2D eigenvalue weighted by Gasteiger charge is -2.06. The quantitative estimate of drug-likeness (QED) is 0.734. The van der Waals surface area contributed by atoms with E-state index < -0.39 is 11.6 Å². The molecule has 3 aromatic rings. The Morgan fingerprint density at radius 2 is 2.05 bits per heavy atom. The molecule has 5 nitrogen and oxygen atoms in total. The van der Waals surface area contributed by atoms with Crippen LogP contribution in [0.2, 0.25) is 5.28 Å². The Kier molecular flexibility index (Phi) is 2.75. The summed E-state index contributed by atoms with van der Waals surface area (Å²) in [6, 6.07) is 2.94. The van der Waals surface area contributed by atoms with Crippen LogP contribution >= 0.6 is 11.6 Å². The minimum Gasteiger partial charge on any atom is -0.434 e. The number of hydrogen-bond donors (Lipinski definition) is 1. The largest absolute Gasteiger partial charge is 0.434 e. The van der Waals surface area contributed by atoms with E-state index in [0.29, 0.717) is 11.6 Å². The Morgan fingerprint density at radius 1 is 1.21 bits per heavy atom. The first-order valence-electron chi connectivity index (χ1n) is 5.13. The van der Waals surface area contributed by atoms with Gasteiger partial charge in [-0.3, -0.25) is 0 Å². The molecular weight excluding hydrogens is 278 g/mol. The molecule has 19 heavy (non-hydrogen) atoms. The van der Waals surface area contributed by atoms with Crippen LogP contribution in [0.3, 0.4) is 0 Å². The molecule has 0 atom stereocenters. The van der Waals surface area contributed by atoms with Crippen molar-refractivity contribution in [1.82, 2.24) is 19.9 Å². The Hall–Kier alpha value is -2.28. The molecule has 1 aromatic carbocycles. The molecule has 3 rings (SSSR count). The van der Waals surface area contributed by atoms with Crippen molar-refractivity contribution in [3.8, 4) is 11.6 Å². The van der Waals surface area contributed by atoms with Gasteiger partial charge in [-0.05, 0) is 23.7 Å². The van der Waals surface area contributed by atoms with E-state index in [1.165, 1.54) is 6.33 Å². The van der Waals surface area contributed by atoms with Gasteiger partial charge in [0.25, 0.3) is 0 Å². The number of hydrogen-bond acceptors (Lipinski definition) is 4. The second-order valence-corrected chi connectivity index (χ2v) is 3.91. The van der Waals surface area contributed by atoms with Gasteiger partial charge in [0.05, 0.1) is 6.33 Å². The van der Waals surface area contributed by atoms with Crippen molar-refractivity contribution in [3.05, 3.63) is 41.4 Å². The number of aromatic nitrogens is 4. The molecule has 0 saturated carbocycles. The van der Waals surface area contributed by atoms with Crippen LogP contribution < -0.4 is 4.74 Å². The maximum Gasteiger partial charge on any atom is 0.250 e. The third-order valence-electron chi connectivity index (χ3n) is 2.33. The summed E-state index contributed by atoms with van der Waals surface area (Å²) in [6.45, 7) is 0. The summed E-state index contributed by atoms with van der Waals surface area (Å²) in [5, 5.41) is -0.0860. The summed E-state index contributed by atoms with van der Waals surface area (Å²) < 4.78 is 31.6. The molecule has 2 aromatic heterocycles. The van der Waals surface area contributed by atoms with Gasteiger partial charge in [0.1, 0.15) is 11.3 Å². The average molecular weight is 283 g/mol. The van der Waals surface area contributed by atoms with E-state index in [9.17, 15) is 8.78 Å². The fourth-order valence-electron chi connectivity index (χ4n) is 1.52. The molecule has 2 heterocycles. The first-order valence-corrected chi connectivity index (χ1v) is 5.51. The van der Waals surface area contributed by atoms with Crippen LogP contribution in [0.15, 0.2) is 24.5 Å². The van der Waals surface area contributed by atoms with E-state index in [0.717, 1.165) is 12.1 Å². The van der Waals surface area contributed by atoms with Crippen LogP contribution in [0.1, 0.15) is 0 Å². The molecule has 0 radical (unpaired) electrons. The summed E-state index contributed by atoms with van der Waals surface area (Å²) >= 11 is 5.70. The minimum atomic E-state index is -0.845. The molecule has 0 spiro atoms. The maximum absolute atomic E-state index is 13.5. The Bertz CT molecular complexity index is 762. The molecular formula is C11H5ClF2N4O. The molecule has 0 saturated heterocycles. The molecule has 0 bridgehead atoms. The summed E-state index contributed by atoms with van der Waals surface area (Å²) in [5.74, 6) is -1.70. The summed E-state index contributed by atoms with van der Waals surface area (Å²) in [6.07, 6.45) is 1.38. The fraction of sp³-hybridized carbons (Fsp3) is 0. The third-order valence-corrected chi connectivity index (χ3v) is 2.49. The molecule has 0 aliphatic carbocycles. The number of aromatic amines is 1. The zero-order valence-electron chi connectivity index (χ0n) is 9.19. The van der Waals surface area contributed by atoms with Gasteiger partial charge < -0.3 is 9.72 Å². The van der Waals surface area contributed by atoms with Crippen molar-refractivity contribution in [1.29, 1.82) is 0 Å². The number of imidazole rings is 1. The number of nitrogens with zero attached hydrogens (tertiary/aromatic N) is 3. The van der Waals surface area contributed by atoms with Gasteiger partial charge in [-0.15, -0.1) is 0 Å². The molecule has 0 fully saturated rings. The minimum absolute atomic E-state index is 0.0120. The van der Waals surface area contributed by atoms with E-state index >= 15 is 0 Å². The molecule has 8 heteroatoms. The van der Waals surface area contributed by atoms with Gasteiger partial charge in [0.2, 0.25) is 11.2 Å². The molecule has 0 aliphatic rings. The van der Waals surface area contributed by atoms with Gasteiger partial charge in [0.15, 0.2) is 17.2 Å². The van der Waals surface area contributed by atoms with Crippen molar-refractivity contribution in [2.24, 2.45) is 0 Å². The van der Waals surface area contributed by atoms with Crippen molar-refractivity contribution < 1.29 is 13.5 Å². The number of H-pyrrole nitrogens is 1. The standard InChI is InChI=1S/C11H5ClF2N4O/c12-11-17-9-8(15-4-16-9)10(18-11)19-7-2-1-5(13)3-6(7)14/h1-4H,(H,15,16,17,18). The maximum atomic E-state index is 13.5. The molecule has 96 valence electrons. The smallest absolute Gasteiger partial charge is 0.250 e. The first kappa shape index (κ1) is 11.8. The number of halogens is 3. The number of rotatable bonds is 2. The van der Waals surface area contributed by atoms with E-state index in [1.807, 2.05) is 0 Å². The van der Waals surface area contributed by atoms with Crippen LogP contribution in [0.4, 0.5) is 8.78 Å². The highest BCUT2D eigenvalue weighted by Gasteiger charge is 2.13. The van der Waals surface area contributed by atoms with Crippen LogP contribution in [-0.4, -0.2) is 19.9 Å². The predicted molar refractivity (Wildman–Crippen MR) is 63.1 cm³/mol. The Morgan fingerprint density at radius 3 is 2.84 bits per heavy atom. The molecule has 1 N–H and O–H groups in total. The van der Waals surface area contributed by atoms with E-state index in [2.05, 4.69) is 19.9 Å². The monoisotopic (exact) mass is 282 g/mol. The number of benzene rings is 1. The number of nitrogens with one attached hydrogen (secondary N) is 1. The highest BCUT2D eigenvalue weighted by atomic mass is 35.5. The van der Waals surface area contributed by atoms with Gasteiger partial charge in [-0.1, -0.05) is 0 Å². The average Bonchev–Trinajstić information content (AvgIpc) is 2.80. The zero-order chi connectivity index (χ0) is 13.4. The van der Waals surface area contributed by atoms with Gasteiger partial charge in [-0.2, -0.15) is 9.97 Å². The van der Waals surface area contributed by atoms with Crippen LogP contribution in [0, 0.1) is 11.6 Å². The third kappa shape index (κ3) is 2.19. The highest BCUT2D eigenvalue weighted by molar-refractivity contribution is 6.28. The lowest BCUT2D eigenvalue weighted by Crippen LogP contribution is -1.95. The number of ether oxygens (including phenoxy) is 1. The number of fused-ring (bicyclic) bond motifs is 1. The van der Waals surface area contributed by atoms with Crippen molar-refractivity contribution >= 4 is 22.8 Å². The first-order chi connectivity index (χ1) is 9.13. The van der Waals surface area contributed by atoms with Gasteiger partial charge >= 0.3 is 0 Å². The van der Waals surface area contributed by atoms with Crippen LogP contribution in [-0.2, 0) is 0 Å². The Balaban J connectivity index is 2.07. The van der Waals surface area contributed by atoms with E-state index in [4.69, 9.17) is 16.3 Å². The van der Waals surface area contributed by atoms with E-state index in [-0.39, 0.29) is 22.6 Å². The second kappa shape index (κ2) is 4.43. The van der Waals surface area contributed by atoms with E-state index in [1.54, 1.807) is 0 Å². The van der Waals surface area contributed by atoms with Crippen LogP contribution in [0.25, 0.3) is 11.2 Å². The van der Waals surface area contributed by atoms with Gasteiger partial charge in [-0.25, -0.2) is 13.8 Å². The normalized spacial score (nSPS) is 10.9. The lowest BCUT2D eigenvalue weighted by molar-refractivity contribution is 0.427. The van der Waals surface area contributed by atoms with Crippen molar-refractivity contribution in [2.75, 3.05) is 0 Å². The fourth-order valence-corrected chi connectivity index (χ4v) is 1.67. The lowest BCUT2D eigenvalue weighted by atomic mass is 10.3. The predicted octanol–water partition coefficient (Wildman–Crippen LogP) is 3.08. The summed E-state index contributed by atoms with van der Waals surface area (Å²) in [7, 11) is 0. The molecule has 0 unspecified atom stereocenters. The van der Waals surface area contributed by atoms with Crippen molar-refractivity contribution in [2.45, 2.75) is 0 Å². The van der Waals surface area contributed by atoms with Gasteiger partial charge in [0, 0.05) is 6.07 Å². The summed E-state index contributed by atoms with van der Waals surface area (Å²) in [5.41, 5.74) is 0.658. The van der Waals surface area contributed by atoms with Crippen LogP contribution in [0.5, 0.6) is 11.6 Å². The van der Waals surface area contributed by atoms with Crippen molar-refractivity contribution in [3.63, 3.8) is 0 Å². The topological polar surface area (TPSA) is 63.7 Å².